The Balaban J connectivity index is 2.23. The van der Waals surface area contributed by atoms with Gasteiger partial charge in [0.15, 0.2) is 0 Å². The highest BCUT2D eigenvalue weighted by Gasteiger charge is 2.30. The molecular weight excluding hydrogens is 214 g/mol. The third-order valence-corrected chi connectivity index (χ3v) is 3.66. The lowest BCUT2D eigenvalue weighted by molar-refractivity contribution is 0.0782. The number of phenolic OH excluding ortho intramolecular Hbond substituents is 1. The van der Waals surface area contributed by atoms with E-state index >= 15 is 0 Å². The van der Waals surface area contributed by atoms with Gasteiger partial charge in [0.25, 0.3) is 5.91 Å². The lowest BCUT2D eigenvalue weighted by Crippen LogP contribution is -2.28. The quantitative estimate of drug-likeness (QED) is 0.809. The molecule has 0 aromatic heterocycles. The third kappa shape index (κ3) is 2.28. The average molecular weight is 233 g/mol. The molecule has 1 fully saturated rings. The van der Waals surface area contributed by atoms with E-state index in [0.29, 0.717) is 17.4 Å². The van der Waals surface area contributed by atoms with E-state index in [1.54, 1.807) is 18.2 Å². The number of carbonyl (C=O) groups excluding carboxylic acids is 1. The molecule has 2 atom stereocenters. The van der Waals surface area contributed by atoms with Crippen molar-refractivity contribution in [2.45, 2.75) is 20.8 Å². The van der Waals surface area contributed by atoms with Gasteiger partial charge in [-0.2, -0.15) is 0 Å². The van der Waals surface area contributed by atoms with Crippen molar-refractivity contribution in [1.29, 1.82) is 0 Å². The van der Waals surface area contributed by atoms with Crippen molar-refractivity contribution in [2.24, 2.45) is 11.8 Å². The first-order valence-electron chi connectivity index (χ1n) is 6.08. The van der Waals surface area contributed by atoms with E-state index < -0.39 is 0 Å². The Morgan fingerprint density at radius 2 is 1.88 bits per heavy atom. The van der Waals surface area contributed by atoms with Crippen LogP contribution in [0.5, 0.6) is 5.75 Å². The van der Waals surface area contributed by atoms with E-state index in [4.69, 9.17) is 0 Å². The molecule has 92 valence electrons. The lowest BCUT2D eigenvalue weighted by Gasteiger charge is -2.17. The zero-order valence-corrected chi connectivity index (χ0v) is 10.6. The largest absolute Gasteiger partial charge is 0.507 e. The molecule has 1 heterocycles. The summed E-state index contributed by atoms with van der Waals surface area (Å²) in [6.07, 6.45) is 0. The summed E-state index contributed by atoms with van der Waals surface area (Å²) in [5, 5.41) is 9.75. The summed E-state index contributed by atoms with van der Waals surface area (Å²) in [5.41, 5.74) is 1.41. The molecule has 1 aliphatic heterocycles. The number of aromatic hydroxyl groups is 1. The highest BCUT2D eigenvalue weighted by atomic mass is 16.3. The fourth-order valence-electron chi connectivity index (χ4n) is 2.29. The summed E-state index contributed by atoms with van der Waals surface area (Å²) < 4.78 is 0. The first-order valence-corrected chi connectivity index (χ1v) is 6.08. The average Bonchev–Trinajstić information content (AvgIpc) is 2.62. The topological polar surface area (TPSA) is 40.5 Å². The van der Waals surface area contributed by atoms with Gasteiger partial charge in [0, 0.05) is 13.1 Å². The van der Waals surface area contributed by atoms with Crippen molar-refractivity contribution < 1.29 is 9.90 Å². The SMILES string of the molecule is Cc1ccc(O)c(C(=O)N2CC(C)C(C)C2)c1. The monoisotopic (exact) mass is 233 g/mol. The van der Waals surface area contributed by atoms with Gasteiger partial charge in [0.2, 0.25) is 0 Å². The number of benzene rings is 1. The van der Waals surface area contributed by atoms with Gasteiger partial charge < -0.3 is 10.0 Å². The minimum absolute atomic E-state index is 0.0533. The van der Waals surface area contributed by atoms with Gasteiger partial charge in [0.05, 0.1) is 5.56 Å². The van der Waals surface area contributed by atoms with Crippen LogP contribution in [0.1, 0.15) is 29.8 Å². The first-order chi connectivity index (χ1) is 7.99. The molecule has 3 heteroatoms. The number of hydrogen-bond donors (Lipinski definition) is 1. The maximum absolute atomic E-state index is 12.3. The first kappa shape index (κ1) is 12.0. The zero-order valence-electron chi connectivity index (χ0n) is 10.6. The van der Waals surface area contributed by atoms with Crippen LogP contribution in [0, 0.1) is 18.8 Å². The van der Waals surface area contributed by atoms with Crippen LogP contribution >= 0.6 is 0 Å². The van der Waals surface area contributed by atoms with E-state index in [9.17, 15) is 9.90 Å². The molecule has 1 amide bonds. The predicted octanol–water partition coefficient (Wildman–Crippen LogP) is 2.43. The molecule has 3 nitrogen and oxygen atoms in total. The van der Waals surface area contributed by atoms with Crippen molar-refractivity contribution in [1.82, 2.24) is 4.90 Å². The molecule has 0 spiro atoms. The Morgan fingerprint density at radius 3 is 2.47 bits per heavy atom. The molecule has 2 unspecified atom stereocenters. The summed E-state index contributed by atoms with van der Waals surface area (Å²) in [5.74, 6) is 1.09. The molecule has 1 N–H and O–H groups in total. The second-order valence-electron chi connectivity index (χ2n) is 5.19. The second kappa shape index (κ2) is 4.40. The van der Waals surface area contributed by atoms with Crippen LogP contribution in [0.15, 0.2) is 18.2 Å². The van der Waals surface area contributed by atoms with Gasteiger partial charge >= 0.3 is 0 Å². The molecular formula is C14H19NO2. The van der Waals surface area contributed by atoms with Gasteiger partial charge in [-0.05, 0) is 30.9 Å². The Bertz CT molecular complexity index is 432. The molecule has 1 aliphatic rings. The molecule has 2 rings (SSSR count). The maximum Gasteiger partial charge on any atom is 0.257 e. The number of nitrogens with zero attached hydrogens (tertiary/aromatic N) is 1. The third-order valence-electron chi connectivity index (χ3n) is 3.66. The van der Waals surface area contributed by atoms with Gasteiger partial charge in [-0.1, -0.05) is 25.5 Å². The molecule has 1 saturated heterocycles. The molecule has 1 aromatic carbocycles. The molecule has 0 aliphatic carbocycles. The summed E-state index contributed by atoms with van der Waals surface area (Å²) in [6.45, 7) is 7.81. The number of phenols is 1. The zero-order chi connectivity index (χ0) is 12.6. The van der Waals surface area contributed by atoms with Gasteiger partial charge in [0.1, 0.15) is 5.75 Å². The smallest absolute Gasteiger partial charge is 0.257 e. The predicted molar refractivity (Wildman–Crippen MR) is 67.1 cm³/mol. The Labute approximate surface area is 102 Å². The highest BCUT2D eigenvalue weighted by molar-refractivity contribution is 5.97. The number of likely N-dealkylation sites (tertiary alicyclic amines) is 1. The van der Waals surface area contributed by atoms with Crippen molar-refractivity contribution in [3.8, 4) is 5.75 Å². The van der Waals surface area contributed by atoms with Crippen LogP contribution in [0.4, 0.5) is 0 Å². The normalized spacial score (nSPS) is 24.1. The fourth-order valence-corrected chi connectivity index (χ4v) is 2.29. The van der Waals surface area contributed by atoms with Gasteiger partial charge in [-0.15, -0.1) is 0 Å². The number of carbonyl (C=O) groups is 1. The number of amides is 1. The summed E-state index contributed by atoms with van der Waals surface area (Å²) in [6, 6.07) is 5.15. The van der Waals surface area contributed by atoms with Crippen molar-refractivity contribution in [3.63, 3.8) is 0 Å². The summed E-state index contributed by atoms with van der Waals surface area (Å²) >= 11 is 0. The Morgan fingerprint density at radius 1 is 1.29 bits per heavy atom. The van der Waals surface area contributed by atoms with Gasteiger partial charge in [-0.25, -0.2) is 0 Å². The van der Waals surface area contributed by atoms with Crippen LogP contribution < -0.4 is 0 Å². The maximum atomic E-state index is 12.3. The van der Waals surface area contributed by atoms with Crippen LogP contribution in [-0.2, 0) is 0 Å². The molecule has 1 aromatic rings. The van der Waals surface area contributed by atoms with Crippen LogP contribution in [0.25, 0.3) is 0 Å². The highest BCUT2D eigenvalue weighted by Crippen LogP contribution is 2.26. The van der Waals surface area contributed by atoms with E-state index in [1.807, 2.05) is 11.8 Å². The minimum Gasteiger partial charge on any atom is -0.507 e. The number of rotatable bonds is 1. The van der Waals surface area contributed by atoms with Crippen molar-refractivity contribution >= 4 is 5.91 Å². The van der Waals surface area contributed by atoms with E-state index in [0.717, 1.165) is 18.7 Å². The fraction of sp³-hybridized carbons (Fsp3) is 0.500. The molecule has 0 bridgehead atoms. The Kier molecular flexibility index (Phi) is 3.09. The summed E-state index contributed by atoms with van der Waals surface area (Å²) in [4.78, 5) is 14.1. The molecule has 0 saturated carbocycles. The minimum atomic E-state index is -0.0533. The Hall–Kier alpha value is -1.51. The van der Waals surface area contributed by atoms with Crippen LogP contribution in [0.3, 0.4) is 0 Å². The van der Waals surface area contributed by atoms with Crippen molar-refractivity contribution in [3.05, 3.63) is 29.3 Å². The van der Waals surface area contributed by atoms with E-state index in [2.05, 4.69) is 13.8 Å². The van der Waals surface area contributed by atoms with E-state index in [-0.39, 0.29) is 11.7 Å². The van der Waals surface area contributed by atoms with Crippen LogP contribution in [0.2, 0.25) is 0 Å². The second-order valence-corrected chi connectivity index (χ2v) is 5.19. The molecule has 0 radical (unpaired) electrons. The number of hydrogen-bond acceptors (Lipinski definition) is 2. The van der Waals surface area contributed by atoms with Crippen molar-refractivity contribution in [2.75, 3.05) is 13.1 Å². The summed E-state index contributed by atoms with van der Waals surface area (Å²) in [7, 11) is 0. The standard InChI is InChI=1S/C14H19NO2/c1-9-4-5-13(16)12(6-9)14(17)15-7-10(2)11(3)8-15/h4-6,10-11,16H,7-8H2,1-3H3. The molecule has 17 heavy (non-hydrogen) atoms. The number of aryl methyl sites for hydroxylation is 1. The van der Waals surface area contributed by atoms with E-state index in [1.165, 1.54) is 0 Å². The lowest BCUT2D eigenvalue weighted by atomic mass is 10.0. The van der Waals surface area contributed by atoms with Crippen LogP contribution in [-0.4, -0.2) is 29.0 Å². The van der Waals surface area contributed by atoms with Gasteiger partial charge in [-0.3, -0.25) is 4.79 Å².